The molecule has 2 heterocycles. The second kappa shape index (κ2) is 13.4. The Bertz CT molecular complexity index is 1320. The Morgan fingerprint density at radius 2 is 1.90 bits per heavy atom. The molecule has 2 aromatic carbocycles. The highest BCUT2D eigenvalue weighted by molar-refractivity contribution is 6.31. The van der Waals surface area contributed by atoms with E-state index in [-0.39, 0.29) is 45.8 Å². The van der Waals surface area contributed by atoms with Crippen LogP contribution in [0.25, 0.3) is 0 Å². The number of hydrogen-bond acceptors (Lipinski definition) is 7. The molecular formula is C27H28ClF4N5O4. The van der Waals surface area contributed by atoms with Crippen molar-refractivity contribution in [2.75, 3.05) is 57.1 Å². The second-order valence-corrected chi connectivity index (χ2v) is 9.59. The van der Waals surface area contributed by atoms with Gasteiger partial charge in [-0.2, -0.15) is 13.2 Å². The van der Waals surface area contributed by atoms with Crippen LogP contribution in [0.4, 0.5) is 34.6 Å². The summed E-state index contributed by atoms with van der Waals surface area (Å²) in [5.41, 5.74) is 0.731. The fourth-order valence-corrected chi connectivity index (χ4v) is 4.57. The molecular weight excluding hydrogens is 570 g/mol. The monoisotopic (exact) mass is 597 g/mol. The maximum atomic E-state index is 13.6. The second-order valence-electron chi connectivity index (χ2n) is 9.18. The van der Waals surface area contributed by atoms with E-state index in [1.165, 1.54) is 37.4 Å². The topological polar surface area (TPSA) is 96.8 Å². The number of nitrogens with zero attached hydrogens (tertiary/aromatic N) is 3. The highest BCUT2D eigenvalue weighted by Crippen LogP contribution is 2.35. The lowest BCUT2D eigenvalue weighted by Crippen LogP contribution is -2.36. The lowest BCUT2D eigenvalue weighted by molar-refractivity contribution is -0.153. The molecule has 41 heavy (non-hydrogen) atoms. The smallest absolute Gasteiger partial charge is 0.422 e. The van der Waals surface area contributed by atoms with Gasteiger partial charge < -0.3 is 24.8 Å². The standard InChI is InChI=1S/C27H28ClF4N5O4/c1-33-20-12-22(41-15-27(30,31)32)21(11-17(20)26(34-2)35-16-5-6-19(29)18(28)10-16)36-25(38)4-3-7-37-13-23-24(14-37)40-9-8-39-23/h3-6,10-12,23-24H,1,7-9,13-15H2,2H3,(H,34,35)(H,36,38)/b4-3+/t23-,24+. The number of benzene rings is 2. The first kappa shape index (κ1) is 30.4. The number of carbonyl (C=O) groups is 1. The highest BCUT2D eigenvalue weighted by atomic mass is 35.5. The van der Waals surface area contributed by atoms with Gasteiger partial charge in [-0.05, 0) is 31.0 Å². The molecule has 2 aliphatic heterocycles. The zero-order chi connectivity index (χ0) is 29.6. The molecule has 0 bridgehead atoms. The van der Waals surface area contributed by atoms with Crippen LogP contribution in [-0.4, -0.2) is 88.2 Å². The van der Waals surface area contributed by atoms with Crippen LogP contribution in [0.2, 0.25) is 5.02 Å². The average molecular weight is 598 g/mol. The van der Waals surface area contributed by atoms with Gasteiger partial charge in [-0.25, -0.2) is 4.39 Å². The van der Waals surface area contributed by atoms with Crippen molar-refractivity contribution in [2.24, 2.45) is 9.98 Å². The van der Waals surface area contributed by atoms with Crippen molar-refractivity contribution < 1.29 is 36.6 Å². The number of carbonyl (C=O) groups excluding carboxylic acids is 1. The van der Waals surface area contributed by atoms with E-state index in [0.717, 1.165) is 6.07 Å². The van der Waals surface area contributed by atoms with Crippen molar-refractivity contribution in [1.82, 2.24) is 4.90 Å². The molecule has 2 N–H and O–H groups in total. The molecule has 1 amide bonds. The van der Waals surface area contributed by atoms with Crippen LogP contribution in [0.3, 0.4) is 0 Å². The summed E-state index contributed by atoms with van der Waals surface area (Å²) in [4.78, 5) is 22.9. The first-order valence-electron chi connectivity index (χ1n) is 12.5. The molecule has 0 radical (unpaired) electrons. The predicted octanol–water partition coefficient (Wildman–Crippen LogP) is 4.84. The Kier molecular flexibility index (Phi) is 9.97. The molecule has 0 aromatic heterocycles. The van der Waals surface area contributed by atoms with Crippen molar-refractivity contribution in [1.29, 1.82) is 0 Å². The molecule has 0 spiro atoms. The van der Waals surface area contributed by atoms with Crippen LogP contribution in [0.1, 0.15) is 5.56 Å². The lowest BCUT2D eigenvalue weighted by atomic mass is 10.1. The third-order valence-electron chi connectivity index (χ3n) is 6.25. The summed E-state index contributed by atoms with van der Waals surface area (Å²) < 4.78 is 68.9. The summed E-state index contributed by atoms with van der Waals surface area (Å²) >= 11 is 5.87. The third-order valence-corrected chi connectivity index (χ3v) is 6.54. The number of ether oxygens (including phenoxy) is 3. The Morgan fingerprint density at radius 3 is 2.51 bits per heavy atom. The average Bonchev–Trinajstić information content (AvgIpc) is 3.35. The number of hydrogen-bond donors (Lipinski definition) is 2. The molecule has 9 nitrogen and oxygen atoms in total. The zero-order valence-corrected chi connectivity index (χ0v) is 22.8. The van der Waals surface area contributed by atoms with Gasteiger partial charge in [0.25, 0.3) is 0 Å². The predicted molar refractivity (Wildman–Crippen MR) is 148 cm³/mol. The van der Waals surface area contributed by atoms with Gasteiger partial charge in [0, 0.05) is 50.1 Å². The lowest BCUT2D eigenvalue weighted by Gasteiger charge is -2.24. The fraction of sp³-hybridized carbons (Fsp3) is 0.370. The van der Waals surface area contributed by atoms with Gasteiger partial charge in [0.05, 0.1) is 41.8 Å². The van der Waals surface area contributed by atoms with Crippen molar-refractivity contribution in [2.45, 2.75) is 18.4 Å². The number of likely N-dealkylation sites (tertiary alicyclic amines) is 1. The maximum Gasteiger partial charge on any atom is 0.422 e. The van der Waals surface area contributed by atoms with Gasteiger partial charge in [-0.15, -0.1) is 0 Å². The number of fused-ring (bicyclic) bond motifs is 1. The minimum absolute atomic E-state index is 0.0105. The van der Waals surface area contributed by atoms with Gasteiger partial charge in [-0.3, -0.25) is 19.7 Å². The number of anilines is 2. The van der Waals surface area contributed by atoms with Crippen molar-refractivity contribution >= 4 is 47.1 Å². The Balaban J connectivity index is 1.54. The molecule has 0 aliphatic carbocycles. The first-order chi connectivity index (χ1) is 19.6. The maximum absolute atomic E-state index is 13.6. The Labute approximate surface area is 238 Å². The number of alkyl halides is 3. The summed E-state index contributed by atoms with van der Waals surface area (Å²) in [5.74, 6) is -1.28. The van der Waals surface area contributed by atoms with E-state index in [0.29, 0.717) is 38.5 Å². The largest absolute Gasteiger partial charge is 0.482 e. The highest BCUT2D eigenvalue weighted by Gasteiger charge is 2.36. The molecule has 2 saturated heterocycles. The molecule has 14 heteroatoms. The minimum atomic E-state index is -4.62. The SMILES string of the molecule is C=Nc1cc(OCC(F)(F)F)c(NC(=O)/C=C/CN2C[C@@H]3OCCO[C@@H]3C2)cc1/C(=N\C)Nc1ccc(F)c(Cl)c1. The molecule has 0 unspecified atom stereocenters. The molecule has 2 fully saturated rings. The van der Waals surface area contributed by atoms with Gasteiger partial charge >= 0.3 is 6.18 Å². The molecule has 2 aromatic rings. The van der Waals surface area contributed by atoms with Crippen LogP contribution in [0.15, 0.2) is 52.5 Å². The minimum Gasteiger partial charge on any atom is -0.482 e. The van der Waals surface area contributed by atoms with E-state index < -0.39 is 24.5 Å². The number of nitrogens with one attached hydrogen (secondary N) is 2. The summed E-state index contributed by atoms with van der Waals surface area (Å²) in [5, 5.41) is 5.41. The van der Waals surface area contributed by atoms with E-state index in [1.807, 2.05) is 0 Å². The summed E-state index contributed by atoms with van der Waals surface area (Å²) in [6.45, 7) is 4.76. The number of rotatable bonds is 9. The Hall–Kier alpha value is -3.52. The van der Waals surface area contributed by atoms with Gasteiger partial charge in [0.1, 0.15) is 17.4 Å². The summed E-state index contributed by atoms with van der Waals surface area (Å²) in [6, 6.07) is 6.50. The van der Waals surface area contributed by atoms with E-state index in [2.05, 4.69) is 32.2 Å². The van der Waals surface area contributed by atoms with Gasteiger partial charge in [-0.1, -0.05) is 17.7 Å². The molecule has 4 rings (SSSR count). The van der Waals surface area contributed by atoms with Crippen molar-refractivity contribution in [3.8, 4) is 5.75 Å². The summed E-state index contributed by atoms with van der Waals surface area (Å²) in [6.07, 6.45) is -1.72. The summed E-state index contributed by atoms with van der Waals surface area (Å²) in [7, 11) is 1.46. The first-order valence-corrected chi connectivity index (χ1v) is 12.9. The molecule has 2 atom stereocenters. The van der Waals surface area contributed by atoms with Gasteiger partial charge in [0.15, 0.2) is 6.61 Å². The fourth-order valence-electron chi connectivity index (χ4n) is 4.39. The normalized spacial score (nSPS) is 19.7. The molecule has 0 saturated carbocycles. The zero-order valence-electron chi connectivity index (χ0n) is 22.0. The number of amides is 1. The van der Waals surface area contributed by atoms with Crippen LogP contribution in [0.5, 0.6) is 5.75 Å². The van der Waals surface area contributed by atoms with E-state index in [1.54, 1.807) is 6.08 Å². The van der Waals surface area contributed by atoms with Gasteiger partial charge in [0.2, 0.25) is 5.91 Å². The van der Waals surface area contributed by atoms with E-state index in [4.69, 9.17) is 25.8 Å². The number of amidine groups is 1. The van der Waals surface area contributed by atoms with Crippen LogP contribution >= 0.6 is 11.6 Å². The van der Waals surface area contributed by atoms with Crippen LogP contribution in [0, 0.1) is 5.82 Å². The molecule has 220 valence electrons. The van der Waals surface area contributed by atoms with Crippen LogP contribution in [-0.2, 0) is 14.3 Å². The number of aliphatic imine (C=N–C) groups is 2. The van der Waals surface area contributed by atoms with E-state index >= 15 is 0 Å². The van der Waals surface area contributed by atoms with Crippen LogP contribution < -0.4 is 15.4 Å². The van der Waals surface area contributed by atoms with E-state index in [9.17, 15) is 22.4 Å². The molecule has 2 aliphatic rings. The quantitative estimate of drug-likeness (QED) is 0.186. The third kappa shape index (κ3) is 8.26. The van der Waals surface area contributed by atoms with Crippen molar-refractivity contribution in [3.05, 3.63) is 58.9 Å². The Morgan fingerprint density at radius 1 is 1.20 bits per heavy atom. The van der Waals surface area contributed by atoms with Crippen molar-refractivity contribution in [3.63, 3.8) is 0 Å². The number of halogens is 5.